The second kappa shape index (κ2) is 10.9. The Bertz CT molecular complexity index is 1220. The summed E-state index contributed by atoms with van der Waals surface area (Å²) in [5.41, 5.74) is -1.49. The molecule has 1 saturated heterocycles. The molecule has 1 N–H and O–H groups in total. The maximum Gasteiger partial charge on any atom is 0.324 e. The molecule has 0 aliphatic carbocycles. The van der Waals surface area contributed by atoms with Crippen molar-refractivity contribution in [3.63, 3.8) is 0 Å². The van der Waals surface area contributed by atoms with Crippen LogP contribution in [0, 0.1) is 36.3 Å². The van der Waals surface area contributed by atoms with E-state index in [0.29, 0.717) is 24.1 Å². The van der Waals surface area contributed by atoms with Crippen molar-refractivity contribution in [1.82, 2.24) is 4.90 Å². The highest BCUT2D eigenvalue weighted by molar-refractivity contribution is 5.86. The van der Waals surface area contributed by atoms with Gasteiger partial charge in [-0.05, 0) is 48.2 Å². The highest BCUT2D eigenvalue weighted by Crippen LogP contribution is 2.39. The van der Waals surface area contributed by atoms with Crippen molar-refractivity contribution in [2.75, 3.05) is 13.1 Å². The maximum atomic E-state index is 10.4. The van der Waals surface area contributed by atoms with E-state index in [-0.39, 0.29) is 0 Å². The Hall–Kier alpha value is -4.12. The van der Waals surface area contributed by atoms with E-state index >= 15 is 0 Å². The van der Waals surface area contributed by atoms with Gasteiger partial charge in [-0.3, -0.25) is 35.2 Å². The molecule has 1 aliphatic heterocycles. The smallest absolute Gasteiger partial charge is 0.324 e. The van der Waals surface area contributed by atoms with Crippen molar-refractivity contribution < 1.29 is 19.9 Å². The number of fused-ring (bicyclic) bond motifs is 1. The molecule has 1 aliphatic rings. The number of nitrogens with zero attached hydrogens (tertiary/aromatic N) is 4. The lowest BCUT2D eigenvalue weighted by atomic mass is 9.90. The highest BCUT2D eigenvalue weighted by atomic mass is 16.6. The van der Waals surface area contributed by atoms with Gasteiger partial charge in [-0.15, -0.1) is 0 Å². The minimum atomic E-state index is -1.21. The lowest BCUT2D eigenvalue weighted by Crippen LogP contribution is -2.29. The standard InChI is InChI=1S/C18H23N.C6H3N3O7/c1-14(2)18(19-12-5-6-13-19)17-11-7-9-15-8-3-4-10-16(15)17;10-6-4(8(13)14)1-3(7(11)12)2-5(6)9(15)16/h3-4,7-11,14,18H,5-6,12-13H2,1-2H3;1-2,10H. The molecule has 1 fully saturated rings. The number of nitro benzene ring substituents is 3. The average molecular weight is 482 g/mol. The number of hydrogen-bond acceptors (Lipinski definition) is 8. The molecule has 11 nitrogen and oxygen atoms in total. The summed E-state index contributed by atoms with van der Waals surface area (Å²) >= 11 is 0. The molecule has 184 valence electrons. The molecule has 3 aromatic carbocycles. The summed E-state index contributed by atoms with van der Waals surface area (Å²) < 4.78 is 0. The number of likely N-dealkylation sites (tertiary alicyclic amines) is 1. The molecular formula is C24H26N4O7. The first kappa shape index (κ1) is 25.5. The predicted molar refractivity (Wildman–Crippen MR) is 130 cm³/mol. The Morgan fingerprint density at radius 3 is 1.89 bits per heavy atom. The fourth-order valence-electron chi connectivity index (χ4n) is 4.48. The molecule has 0 saturated carbocycles. The molecule has 1 heterocycles. The molecule has 0 bridgehead atoms. The number of non-ortho nitro benzene ring substituents is 1. The molecule has 35 heavy (non-hydrogen) atoms. The summed E-state index contributed by atoms with van der Waals surface area (Å²) in [4.78, 5) is 30.4. The van der Waals surface area contributed by atoms with Gasteiger partial charge in [0.15, 0.2) is 0 Å². The summed E-state index contributed by atoms with van der Waals surface area (Å²) in [7, 11) is 0. The Balaban J connectivity index is 0.000000199. The Labute approximate surface area is 201 Å². The lowest BCUT2D eigenvalue weighted by molar-refractivity contribution is -0.404. The molecule has 0 amide bonds. The Morgan fingerprint density at radius 2 is 1.37 bits per heavy atom. The van der Waals surface area contributed by atoms with E-state index in [1.54, 1.807) is 0 Å². The number of phenols is 1. The van der Waals surface area contributed by atoms with E-state index < -0.39 is 37.6 Å². The van der Waals surface area contributed by atoms with Crippen LogP contribution in [0.4, 0.5) is 17.1 Å². The van der Waals surface area contributed by atoms with E-state index in [1.165, 1.54) is 42.3 Å². The van der Waals surface area contributed by atoms with Crippen LogP contribution in [0.3, 0.4) is 0 Å². The number of aromatic hydroxyl groups is 1. The summed E-state index contributed by atoms with van der Waals surface area (Å²) in [5, 5.41) is 43.0. The summed E-state index contributed by atoms with van der Waals surface area (Å²) in [6, 6.07) is 17.0. The molecule has 0 aromatic heterocycles. The van der Waals surface area contributed by atoms with Crippen molar-refractivity contribution in [3.05, 3.63) is 90.5 Å². The maximum absolute atomic E-state index is 10.4. The predicted octanol–water partition coefficient (Wildman–Crippen LogP) is 5.75. The van der Waals surface area contributed by atoms with Crippen molar-refractivity contribution in [1.29, 1.82) is 0 Å². The minimum absolute atomic E-state index is 0.447. The van der Waals surface area contributed by atoms with Crippen LogP contribution in [0.15, 0.2) is 54.6 Å². The number of phenolic OH excluding ortho intramolecular Hbond substituents is 1. The van der Waals surface area contributed by atoms with Crippen LogP contribution >= 0.6 is 0 Å². The van der Waals surface area contributed by atoms with E-state index in [2.05, 4.69) is 61.2 Å². The van der Waals surface area contributed by atoms with Crippen LogP contribution in [0.25, 0.3) is 10.8 Å². The number of benzene rings is 3. The molecule has 0 spiro atoms. The van der Waals surface area contributed by atoms with Crippen LogP contribution in [0.2, 0.25) is 0 Å². The Kier molecular flexibility index (Phi) is 7.92. The lowest BCUT2D eigenvalue weighted by Gasteiger charge is -2.32. The normalized spacial score (nSPS) is 14.4. The monoisotopic (exact) mass is 482 g/mol. The van der Waals surface area contributed by atoms with E-state index in [0.717, 1.165) is 0 Å². The van der Waals surface area contributed by atoms with Crippen molar-refractivity contribution in [2.24, 2.45) is 5.92 Å². The molecule has 4 rings (SSSR count). The second-order valence-electron chi connectivity index (χ2n) is 8.60. The van der Waals surface area contributed by atoms with Gasteiger partial charge in [-0.1, -0.05) is 56.3 Å². The number of rotatable bonds is 6. The van der Waals surface area contributed by atoms with E-state index in [4.69, 9.17) is 5.11 Å². The largest absolute Gasteiger partial charge is 0.497 e. The zero-order chi connectivity index (χ0) is 25.7. The third-order valence-corrected chi connectivity index (χ3v) is 5.97. The molecular weight excluding hydrogens is 456 g/mol. The van der Waals surface area contributed by atoms with Crippen molar-refractivity contribution in [3.8, 4) is 5.75 Å². The minimum Gasteiger partial charge on any atom is -0.497 e. The van der Waals surface area contributed by atoms with Gasteiger partial charge in [0.1, 0.15) is 0 Å². The zero-order valence-electron chi connectivity index (χ0n) is 19.4. The van der Waals surface area contributed by atoms with Gasteiger partial charge in [0.2, 0.25) is 0 Å². The van der Waals surface area contributed by atoms with Gasteiger partial charge >= 0.3 is 11.4 Å². The molecule has 1 atom stereocenters. The number of hydrogen-bond donors (Lipinski definition) is 1. The van der Waals surface area contributed by atoms with Gasteiger partial charge < -0.3 is 5.11 Å². The van der Waals surface area contributed by atoms with Crippen LogP contribution < -0.4 is 0 Å². The summed E-state index contributed by atoms with van der Waals surface area (Å²) in [6.45, 7) is 7.22. The first-order valence-electron chi connectivity index (χ1n) is 11.1. The van der Waals surface area contributed by atoms with Crippen LogP contribution in [0.1, 0.15) is 38.3 Å². The van der Waals surface area contributed by atoms with Crippen LogP contribution in [-0.2, 0) is 0 Å². The Morgan fingerprint density at radius 1 is 0.829 bits per heavy atom. The summed E-state index contributed by atoms with van der Waals surface area (Å²) in [5.74, 6) is -0.551. The van der Waals surface area contributed by atoms with Crippen molar-refractivity contribution >= 4 is 27.8 Å². The van der Waals surface area contributed by atoms with E-state index in [1.807, 2.05) is 0 Å². The van der Waals surface area contributed by atoms with Gasteiger partial charge in [-0.2, -0.15) is 0 Å². The highest BCUT2D eigenvalue weighted by Gasteiger charge is 2.30. The summed E-state index contributed by atoms with van der Waals surface area (Å²) in [6.07, 6.45) is 2.71. The quantitative estimate of drug-likeness (QED) is 0.344. The number of nitro groups is 3. The first-order valence-corrected chi connectivity index (χ1v) is 11.1. The second-order valence-corrected chi connectivity index (χ2v) is 8.60. The molecule has 0 radical (unpaired) electrons. The van der Waals surface area contributed by atoms with Gasteiger partial charge in [0.25, 0.3) is 11.4 Å². The zero-order valence-corrected chi connectivity index (χ0v) is 19.4. The van der Waals surface area contributed by atoms with Crippen LogP contribution in [0.5, 0.6) is 5.75 Å². The fraction of sp³-hybridized carbons (Fsp3) is 0.333. The van der Waals surface area contributed by atoms with Gasteiger partial charge in [-0.25, -0.2) is 0 Å². The molecule has 3 aromatic rings. The average Bonchev–Trinajstić information content (AvgIpc) is 3.33. The SMILES string of the molecule is CC(C)C(c1cccc2ccccc12)N1CCCC1.O=[N+]([O-])c1cc([N+](=O)[O-])c(O)c([N+](=O)[O-])c1. The fourth-order valence-corrected chi connectivity index (χ4v) is 4.48. The van der Waals surface area contributed by atoms with Gasteiger partial charge in [0.05, 0.1) is 26.9 Å². The molecule has 1 unspecified atom stereocenters. The third-order valence-electron chi connectivity index (χ3n) is 5.97. The van der Waals surface area contributed by atoms with Crippen LogP contribution in [-0.4, -0.2) is 37.9 Å². The first-order chi connectivity index (χ1) is 16.6. The van der Waals surface area contributed by atoms with E-state index in [9.17, 15) is 30.3 Å². The molecule has 11 heteroatoms. The topological polar surface area (TPSA) is 153 Å². The van der Waals surface area contributed by atoms with Gasteiger partial charge in [0, 0.05) is 6.04 Å². The van der Waals surface area contributed by atoms with Crippen molar-refractivity contribution in [2.45, 2.75) is 32.7 Å². The third kappa shape index (κ3) is 5.69.